The number of nitrogens with zero attached hydrogens (tertiary/aromatic N) is 5. The number of piperazine rings is 1. The van der Waals surface area contributed by atoms with E-state index in [0.29, 0.717) is 17.9 Å². The first-order valence-corrected chi connectivity index (χ1v) is 11.1. The van der Waals surface area contributed by atoms with Gasteiger partial charge < -0.3 is 15.1 Å². The predicted molar refractivity (Wildman–Crippen MR) is 112 cm³/mol. The van der Waals surface area contributed by atoms with Crippen molar-refractivity contribution in [3.8, 4) is 0 Å². The topological polar surface area (TPSA) is 54.4 Å². The van der Waals surface area contributed by atoms with Gasteiger partial charge in [0.1, 0.15) is 0 Å². The number of amides is 1. The molecule has 1 aliphatic carbocycles. The number of hydrogen-bond acceptors (Lipinski definition) is 4. The van der Waals surface area contributed by atoms with Gasteiger partial charge in [-0.15, -0.1) is 0 Å². The third-order valence-electron chi connectivity index (χ3n) is 6.89. The summed E-state index contributed by atoms with van der Waals surface area (Å²) in [5.41, 5.74) is 0. The Morgan fingerprint density at radius 2 is 1.79 bits per heavy atom. The molecule has 0 radical (unpaired) electrons. The van der Waals surface area contributed by atoms with E-state index in [1.54, 1.807) is 0 Å². The molecule has 28 heavy (non-hydrogen) atoms. The second kappa shape index (κ2) is 9.27. The molecular weight excluding hydrogens is 352 g/mol. The van der Waals surface area contributed by atoms with Gasteiger partial charge in [-0.3, -0.25) is 19.6 Å². The van der Waals surface area contributed by atoms with E-state index in [9.17, 15) is 4.79 Å². The second-order valence-electron chi connectivity index (χ2n) is 8.58. The first-order chi connectivity index (χ1) is 13.7. The maximum atomic E-state index is 12.4. The molecule has 0 bridgehead atoms. The second-order valence-corrected chi connectivity index (χ2v) is 8.58. The highest BCUT2D eigenvalue weighted by Gasteiger charge is 2.31. The summed E-state index contributed by atoms with van der Waals surface area (Å²) in [5, 5.41) is 3.56. The molecule has 0 aromatic rings. The molecule has 1 amide bonds. The fraction of sp³-hybridized carbons (Fsp3) is 0.810. The monoisotopic (exact) mass is 388 g/mol. The zero-order valence-electron chi connectivity index (χ0n) is 17.4. The molecule has 2 saturated heterocycles. The summed E-state index contributed by atoms with van der Waals surface area (Å²) in [7, 11) is 1.89. The quantitative estimate of drug-likeness (QED) is 0.421. The van der Waals surface area contributed by atoms with E-state index >= 15 is 0 Å². The Kier molecular flexibility index (Phi) is 6.52. The highest BCUT2D eigenvalue weighted by Crippen LogP contribution is 2.28. The van der Waals surface area contributed by atoms with Crippen molar-refractivity contribution >= 4 is 11.9 Å². The molecule has 1 N–H and O–H groups in total. The lowest BCUT2D eigenvalue weighted by Gasteiger charge is -2.38. The minimum absolute atomic E-state index is 0.331. The molecule has 7 heteroatoms. The Morgan fingerprint density at radius 1 is 1.04 bits per heavy atom. The van der Waals surface area contributed by atoms with Gasteiger partial charge in [0.15, 0.2) is 5.96 Å². The molecule has 4 rings (SSSR count). The van der Waals surface area contributed by atoms with Crippen molar-refractivity contribution in [2.75, 3.05) is 72.5 Å². The van der Waals surface area contributed by atoms with E-state index in [1.807, 2.05) is 7.05 Å². The fourth-order valence-corrected chi connectivity index (χ4v) is 4.79. The van der Waals surface area contributed by atoms with Gasteiger partial charge in [-0.25, -0.2) is 0 Å². The number of rotatable bonds is 5. The fourth-order valence-electron chi connectivity index (χ4n) is 4.79. The molecule has 0 spiro atoms. The van der Waals surface area contributed by atoms with Crippen LogP contribution in [-0.2, 0) is 4.79 Å². The van der Waals surface area contributed by atoms with E-state index in [0.717, 1.165) is 84.2 Å². The van der Waals surface area contributed by atoms with Crippen molar-refractivity contribution in [2.45, 2.75) is 31.7 Å². The van der Waals surface area contributed by atoms with Gasteiger partial charge in [-0.05, 0) is 19.3 Å². The van der Waals surface area contributed by atoms with Gasteiger partial charge >= 0.3 is 0 Å². The molecule has 1 atom stereocenters. The zero-order chi connectivity index (χ0) is 19.3. The van der Waals surface area contributed by atoms with Crippen LogP contribution in [0.5, 0.6) is 0 Å². The first kappa shape index (κ1) is 19.7. The number of carbonyl (C=O) groups is 1. The summed E-state index contributed by atoms with van der Waals surface area (Å²) in [5.74, 6) is 1.77. The maximum Gasteiger partial charge on any atom is 0.225 e. The van der Waals surface area contributed by atoms with Crippen LogP contribution < -0.4 is 5.32 Å². The van der Waals surface area contributed by atoms with E-state index < -0.39 is 0 Å². The lowest BCUT2D eigenvalue weighted by Crippen LogP contribution is -2.52. The molecule has 4 aliphatic rings. The van der Waals surface area contributed by atoms with Crippen LogP contribution in [0.2, 0.25) is 0 Å². The third kappa shape index (κ3) is 4.51. The minimum Gasteiger partial charge on any atom is -0.355 e. The van der Waals surface area contributed by atoms with Crippen LogP contribution in [0.25, 0.3) is 0 Å². The van der Waals surface area contributed by atoms with Crippen LogP contribution >= 0.6 is 0 Å². The smallest absolute Gasteiger partial charge is 0.225 e. The van der Waals surface area contributed by atoms with Crippen molar-refractivity contribution < 1.29 is 4.79 Å². The number of hydrogen-bond donors (Lipinski definition) is 1. The molecule has 7 nitrogen and oxygen atoms in total. The number of aliphatic imine (C=N–C) groups is 1. The van der Waals surface area contributed by atoms with Crippen molar-refractivity contribution in [1.82, 2.24) is 24.9 Å². The van der Waals surface area contributed by atoms with Crippen LogP contribution in [0.3, 0.4) is 0 Å². The van der Waals surface area contributed by atoms with E-state index in [-0.39, 0.29) is 0 Å². The number of guanidine groups is 1. The highest BCUT2D eigenvalue weighted by molar-refractivity contribution is 5.80. The van der Waals surface area contributed by atoms with Gasteiger partial charge in [-0.2, -0.15) is 0 Å². The maximum absolute atomic E-state index is 12.4. The van der Waals surface area contributed by atoms with Crippen LogP contribution in [0.4, 0.5) is 0 Å². The molecule has 3 fully saturated rings. The van der Waals surface area contributed by atoms with Gasteiger partial charge in [-0.1, -0.05) is 18.6 Å². The van der Waals surface area contributed by atoms with Crippen molar-refractivity contribution in [3.63, 3.8) is 0 Å². The summed E-state index contributed by atoms with van der Waals surface area (Å²) in [6.45, 7) is 10.0. The Morgan fingerprint density at radius 3 is 2.43 bits per heavy atom. The van der Waals surface area contributed by atoms with Crippen LogP contribution in [0.1, 0.15) is 25.7 Å². The third-order valence-corrected chi connectivity index (χ3v) is 6.89. The molecule has 1 saturated carbocycles. The number of likely N-dealkylation sites (tertiary alicyclic amines) is 1. The molecule has 156 valence electrons. The summed E-state index contributed by atoms with van der Waals surface area (Å²) in [6, 6.07) is 0.648. The van der Waals surface area contributed by atoms with E-state index in [4.69, 9.17) is 0 Å². The molecule has 0 aromatic carbocycles. The molecular formula is C21H36N6O. The van der Waals surface area contributed by atoms with E-state index in [2.05, 4.69) is 42.1 Å². The average molecular weight is 389 g/mol. The van der Waals surface area contributed by atoms with Gasteiger partial charge in [0, 0.05) is 84.5 Å². The largest absolute Gasteiger partial charge is 0.355 e. The lowest BCUT2D eigenvalue weighted by molar-refractivity contribution is -0.139. The number of carbonyl (C=O) groups excluding carboxylic acids is 1. The summed E-state index contributed by atoms with van der Waals surface area (Å²) >= 11 is 0. The van der Waals surface area contributed by atoms with Gasteiger partial charge in [0.05, 0.1) is 0 Å². The Bertz CT molecular complexity index is 586. The van der Waals surface area contributed by atoms with Crippen molar-refractivity contribution in [2.24, 2.45) is 10.9 Å². The summed E-state index contributed by atoms with van der Waals surface area (Å²) < 4.78 is 0. The summed E-state index contributed by atoms with van der Waals surface area (Å²) in [6.07, 6.45) is 9.21. The van der Waals surface area contributed by atoms with Crippen molar-refractivity contribution in [1.29, 1.82) is 0 Å². The van der Waals surface area contributed by atoms with E-state index in [1.165, 1.54) is 12.8 Å². The SMILES string of the molecule is CN=C(NCCN1CCN(C(=O)C2CCC2)CC1)N1CCC(N2CC=CC2)C1. The zero-order valence-corrected chi connectivity index (χ0v) is 17.4. The Hall–Kier alpha value is -1.60. The lowest BCUT2D eigenvalue weighted by atomic mass is 9.84. The van der Waals surface area contributed by atoms with Crippen LogP contribution in [0.15, 0.2) is 17.1 Å². The van der Waals surface area contributed by atoms with Crippen molar-refractivity contribution in [3.05, 3.63) is 12.2 Å². The Labute approximate surface area is 169 Å². The van der Waals surface area contributed by atoms with Gasteiger partial charge in [0.25, 0.3) is 0 Å². The molecule has 0 aromatic heterocycles. The molecule has 3 aliphatic heterocycles. The molecule has 3 heterocycles. The van der Waals surface area contributed by atoms with Gasteiger partial charge in [0.2, 0.25) is 5.91 Å². The average Bonchev–Trinajstić information content (AvgIpc) is 3.36. The normalized spacial score (nSPS) is 27.5. The molecule has 1 unspecified atom stereocenters. The summed E-state index contributed by atoms with van der Waals surface area (Å²) in [4.78, 5) is 26.4. The first-order valence-electron chi connectivity index (χ1n) is 11.1. The Balaban J connectivity index is 1.14. The highest BCUT2D eigenvalue weighted by atomic mass is 16.2. The predicted octanol–water partition coefficient (Wildman–Crippen LogP) is 0.452. The standard InChI is InChI=1S/C21H36N6O/c1-22-21(27-11-7-19(17-27)25-9-2-3-10-25)23-8-12-24-13-15-26(16-14-24)20(28)18-5-4-6-18/h2-3,18-19H,4-17H2,1H3,(H,22,23). The number of nitrogens with one attached hydrogen (secondary N) is 1. The van der Waals surface area contributed by atoms with Crippen LogP contribution in [0, 0.1) is 5.92 Å². The minimum atomic E-state index is 0.331. The van der Waals surface area contributed by atoms with Crippen LogP contribution in [-0.4, -0.2) is 110 Å².